The molecule has 2 aromatic rings. The number of ether oxygens (including phenoxy) is 1. The molecule has 0 spiro atoms. The van der Waals surface area contributed by atoms with Gasteiger partial charge in [0.25, 0.3) is 0 Å². The molecule has 0 amide bonds. The third kappa shape index (κ3) is 2.81. The molecular weight excluding hydrogens is 264 g/mol. The number of phenols is 1. The Balaban J connectivity index is 1.75. The summed E-state index contributed by atoms with van der Waals surface area (Å²) in [6.45, 7) is 2.73. The normalized spacial score (nSPS) is 14.7. The standard InChI is InChI=1S/C17H20N2O2/c1-21-17-9-12(5-6-16(17)20)10-19-8-7-14-13(11-19)3-2-4-15(14)18/h2-6,9,20H,7-8,10-11,18H2,1H3. The molecule has 3 N–H and O–H groups in total. The maximum Gasteiger partial charge on any atom is 0.160 e. The van der Waals surface area contributed by atoms with E-state index < -0.39 is 0 Å². The van der Waals surface area contributed by atoms with Crippen LogP contribution in [0.3, 0.4) is 0 Å². The molecule has 4 heteroatoms. The fraction of sp³-hybridized carbons (Fsp3) is 0.294. The molecule has 1 heterocycles. The minimum Gasteiger partial charge on any atom is -0.504 e. The summed E-state index contributed by atoms with van der Waals surface area (Å²) in [4.78, 5) is 2.38. The summed E-state index contributed by atoms with van der Waals surface area (Å²) < 4.78 is 5.16. The first-order chi connectivity index (χ1) is 10.2. The molecule has 0 atom stereocenters. The fourth-order valence-corrected chi connectivity index (χ4v) is 2.91. The van der Waals surface area contributed by atoms with E-state index in [0.717, 1.165) is 37.3 Å². The topological polar surface area (TPSA) is 58.7 Å². The number of benzene rings is 2. The van der Waals surface area contributed by atoms with Gasteiger partial charge >= 0.3 is 0 Å². The lowest BCUT2D eigenvalue weighted by atomic mass is 9.97. The Morgan fingerprint density at radius 1 is 1.29 bits per heavy atom. The van der Waals surface area contributed by atoms with Crippen molar-refractivity contribution in [2.75, 3.05) is 19.4 Å². The van der Waals surface area contributed by atoms with Crippen LogP contribution in [0, 0.1) is 0 Å². The maximum atomic E-state index is 9.65. The Hall–Kier alpha value is -2.20. The number of anilines is 1. The van der Waals surface area contributed by atoms with Crippen molar-refractivity contribution in [2.45, 2.75) is 19.5 Å². The summed E-state index contributed by atoms with van der Waals surface area (Å²) in [6.07, 6.45) is 0.983. The fourth-order valence-electron chi connectivity index (χ4n) is 2.91. The van der Waals surface area contributed by atoms with E-state index in [0.29, 0.717) is 5.75 Å². The van der Waals surface area contributed by atoms with Crippen LogP contribution in [0.5, 0.6) is 11.5 Å². The number of hydrogen-bond acceptors (Lipinski definition) is 4. The van der Waals surface area contributed by atoms with Gasteiger partial charge in [-0.15, -0.1) is 0 Å². The van der Waals surface area contributed by atoms with Crippen LogP contribution in [0.2, 0.25) is 0 Å². The number of phenolic OH excluding ortho intramolecular Hbond substituents is 1. The second kappa shape index (κ2) is 5.66. The molecule has 1 aliphatic rings. The summed E-state index contributed by atoms with van der Waals surface area (Å²) in [5.74, 6) is 0.701. The molecular formula is C17H20N2O2. The number of methoxy groups -OCH3 is 1. The summed E-state index contributed by atoms with van der Waals surface area (Å²) >= 11 is 0. The molecule has 4 nitrogen and oxygen atoms in total. The van der Waals surface area contributed by atoms with Gasteiger partial charge in [0.1, 0.15) is 0 Å². The van der Waals surface area contributed by atoms with Gasteiger partial charge in [-0.1, -0.05) is 18.2 Å². The van der Waals surface area contributed by atoms with E-state index >= 15 is 0 Å². The van der Waals surface area contributed by atoms with Crippen LogP contribution in [0.25, 0.3) is 0 Å². The van der Waals surface area contributed by atoms with Gasteiger partial charge in [0.2, 0.25) is 0 Å². The van der Waals surface area contributed by atoms with Gasteiger partial charge < -0.3 is 15.6 Å². The molecule has 21 heavy (non-hydrogen) atoms. The SMILES string of the molecule is COc1cc(CN2CCc3c(N)cccc3C2)ccc1O. The number of hydrogen-bond donors (Lipinski definition) is 2. The first-order valence-corrected chi connectivity index (χ1v) is 7.12. The largest absolute Gasteiger partial charge is 0.504 e. The third-order valence-electron chi connectivity index (χ3n) is 4.03. The Kier molecular flexibility index (Phi) is 3.71. The molecule has 2 aromatic carbocycles. The Morgan fingerprint density at radius 3 is 2.95 bits per heavy atom. The molecule has 0 saturated carbocycles. The van der Waals surface area contributed by atoms with Gasteiger partial charge in [0.05, 0.1) is 7.11 Å². The van der Waals surface area contributed by atoms with Crippen LogP contribution in [0.1, 0.15) is 16.7 Å². The van der Waals surface area contributed by atoms with Gasteiger partial charge in [-0.3, -0.25) is 4.90 Å². The van der Waals surface area contributed by atoms with Crippen LogP contribution < -0.4 is 10.5 Å². The average molecular weight is 284 g/mol. The second-order valence-electron chi connectivity index (χ2n) is 5.45. The number of nitrogen functional groups attached to an aromatic ring is 1. The zero-order valence-corrected chi connectivity index (χ0v) is 12.2. The lowest BCUT2D eigenvalue weighted by molar-refractivity contribution is 0.245. The summed E-state index contributed by atoms with van der Waals surface area (Å²) in [5, 5.41) is 9.65. The minimum absolute atomic E-state index is 0.179. The van der Waals surface area contributed by atoms with Crippen molar-refractivity contribution in [1.82, 2.24) is 4.90 Å². The smallest absolute Gasteiger partial charge is 0.160 e. The van der Waals surface area contributed by atoms with Crippen LogP contribution in [-0.4, -0.2) is 23.7 Å². The molecule has 0 aromatic heterocycles. The van der Waals surface area contributed by atoms with Gasteiger partial charge in [-0.05, 0) is 41.3 Å². The van der Waals surface area contributed by atoms with Crippen molar-refractivity contribution in [3.05, 3.63) is 53.1 Å². The summed E-state index contributed by atoms with van der Waals surface area (Å²) in [6, 6.07) is 11.6. The number of nitrogens with zero attached hydrogens (tertiary/aromatic N) is 1. The molecule has 110 valence electrons. The maximum absolute atomic E-state index is 9.65. The first-order valence-electron chi connectivity index (χ1n) is 7.12. The highest BCUT2D eigenvalue weighted by atomic mass is 16.5. The van der Waals surface area contributed by atoms with E-state index in [1.54, 1.807) is 13.2 Å². The van der Waals surface area contributed by atoms with Gasteiger partial charge in [-0.2, -0.15) is 0 Å². The molecule has 1 aliphatic heterocycles. The van der Waals surface area contributed by atoms with Crippen molar-refractivity contribution in [1.29, 1.82) is 0 Å². The molecule has 0 aliphatic carbocycles. The molecule has 0 saturated heterocycles. The summed E-state index contributed by atoms with van der Waals surface area (Å²) in [7, 11) is 1.57. The van der Waals surface area contributed by atoms with E-state index in [9.17, 15) is 5.11 Å². The van der Waals surface area contributed by atoms with Gasteiger partial charge in [0.15, 0.2) is 11.5 Å². The Morgan fingerprint density at radius 2 is 2.14 bits per heavy atom. The van der Waals surface area contributed by atoms with E-state index in [-0.39, 0.29) is 5.75 Å². The zero-order valence-electron chi connectivity index (χ0n) is 12.2. The van der Waals surface area contributed by atoms with E-state index in [1.165, 1.54) is 11.1 Å². The van der Waals surface area contributed by atoms with Crippen LogP contribution in [0.4, 0.5) is 5.69 Å². The van der Waals surface area contributed by atoms with Crippen molar-refractivity contribution in [2.24, 2.45) is 0 Å². The first kappa shape index (κ1) is 13.8. The lowest BCUT2D eigenvalue weighted by Crippen LogP contribution is -2.30. The highest BCUT2D eigenvalue weighted by Crippen LogP contribution is 2.29. The van der Waals surface area contributed by atoms with Gasteiger partial charge in [-0.25, -0.2) is 0 Å². The number of fused-ring (bicyclic) bond motifs is 1. The monoisotopic (exact) mass is 284 g/mol. The van der Waals surface area contributed by atoms with Crippen LogP contribution >= 0.6 is 0 Å². The van der Waals surface area contributed by atoms with Crippen LogP contribution in [-0.2, 0) is 19.5 Å². The predicted molar refractivity (Wildman–Crippen MR) is 83.3 cm³/mol. The van der Waals surface area contributed by atoms with E-state index in [1.807, 2.05) is 24.3 Å². The van der Waals surface area contributed by atoms with E-state index in [2.05, 4.69) is 11.0 Å². The molecule has 0 unspecified atom stereocenters. The molecule has 0 fully saturated rings. The van der Waals surface area contributed by atoms with Crippen molar-refractivity contribution in [3.8, 4) is 11.5 Å². The molecule has 0 radical (unpaired) electrons. The summed E-state index contributed by atoms with van der Waals surface area (Å²) in [5.41, 5.74) is 10.7. The highest BCUT2D eigenvalue weighted by molar-refractivity contribution is 5.52. The Bertz CT molecular complexity index is 655. The van der Waals surface area contributed by atoms with Crippen molar-refractivity contribution < 1.29 is 9.84 Å². The Labute approximate surface area is 124 Å². The number of aromatic hydroxyl groups is 1. The third-order valence-corrected chi connectivity index (χ3v) is 4.03. The minimum atomic E-state index is 0.179. The van der Waals surface area contributed by atoms with Crippen LogP contribution in [0.15, 0.2) is 36.4 Å². The van der Waals surface area contributed by atoms with Crippen molar-refractivity contribution >= 4 is 5.69 Å². The van der Waals surface area contributed by atoms with Gasteiger partial charge in [0, 0.05) is 25.3 Å². The van der Waals surface area contributed by atoms with E-state index in [4.69, 9.17) is 10.5 Å². The predicted octanol–water partition coefficient (Wildman–Crippen LogP) is 2.54. The quantitative estimate of drug-likeness (QED) is 0.850. The molecule has 3 rings (SSSR count). The molecule has 0 bridgehead atoms. The zero-order chi connectivity index (χ0) is 14.8. The number of nitrogens with two attached hydrogens (primary N) is 1. The second-order valence-corrected chi connectivity index (χ2v) is 5.45. The number of rotatable bonds is 3. The average Bonchev–Trinajstić information content (AvgIpc) is 2.49. The lowest BCUT2D eigenvalue weighted by Gasteiger charge is -2.29. The highest BCUT2D eigenvalue weighted by Gasteiger charge is 2.18. The van der Waals surface area contributed by atoms with Crippen molar-refractivity contribution in [3.63, 3.8) is 0 Å².